The Labute approximate surface area is 239 Å². The number of anilines is 1. The second-order valence-electron chi connectivity index (χ2n) is 9.13. The van der Waals surface area contributed by atoms with Crippen LogP contribution >= 0.6 is 23.4 Å². The maximum absolute atomic E-state index is 14.8. The van der Waals surface area contributed by atoms with Gasteiger partial charge in [-0.3, -0.25) is 9.36 Å². The number of piperazine rings is 1. The van der Waals surface area contributed by atoms with Gasteiger partial charge in [-0.1, -0.05) is 71.9 Å². The number of hydrogen-bond donors (Lipinski definition) is 0. The lowest BCUT2D eigenvalue weighted by molar-refractivity contribution is 0.0740. The molecule has 40 heavy (non-hydrogen) atoms. The topological polar surface area (TPSA) is 80.3 Å². The van der Waals surface area contributed by atoms with Crippen LogP contribution < -0.4 is 4.90 Å². The highest BCUT2D eigenvalue weighted by Gasteiger charge is 2.25. The molecule has 11 heteroatoms. The quantitative estimate of drug-likeness (QED) is 0.222. The maximum atomic E-state index is 14.8. The molecule has 0 atom stereocenters. The summed E-state index contributed by atoms with van der Waals surface area (Å²) in [6, 6.07) is 23.7. The molecule has 0 spiro atoms. The van der Waals surface area contributed by atoms with Crippen molar-refractivity contribution < 1.29 is 13.6 Å². The summed E-state index contributed by atoms with van der Waals surface area (Å²) in [5.41, 5.74) is 2.45. The second-order valence-corrected chi connectivity index (χ2v) is 10.5. The zero-order valence-electron chi connectivity index (χ0n) is 21.3. The fraction of sp³-hybridized carbons (Fsp3) is 0.172. The van der Waals surface area contributed by atoms with Crippen LogP contribution in [0, 0.1) is 5.82 Å². The van der Waals surface area contributed by atoms with Gasteiger partial charge in [0.2, 0.25) is 5.89 Å². The van der Waals surface area contributed by atoms with E-state index < -0.39 is 0 Å². The molecule has 0 bridgehead atoms. The van der Waals surface area contributed by atoms with Gasteiger partial charge in [0.1, 0.15) is 12.1 Å². The van der Waals surface area contributed by atoms with E-state index in [1.54, 1.807) is 27.7 Å². The van der Waals surface area contributed by atoms with Gasteiger partial charge in [-0.05, 0) is 30.3 Å². The van der Waals surface area contributed by atoms with E-state index >= 15 is 0 Å². The third-order valence-electron chi connectivity index (χ3n) is 6.59. The van der Waals surface area contributed by atoms with E-state index in [-0.39, 0.29) is 23.2 Å². The molecule has 0 unspecified atom stereocenters. The number of rotatable bonds is 7. The molecular weight excluding hydrogens is 551 g/mol. The van der Waals surface area contributed by atoms with Crippen LogP contribution in [0.25, 0.3) is 17.1 Å². The first kappa shape index (κ1) is 26.1. The van der Waals surface area contributed by atoms with Gasteiger partial charge >= 0.3 is 0 Å². The first-order chi connectivity index (χ1) is 19.6. The van der Waals surface area contributed by atoms with Crippen LogP contribution in [0.2, 0.25) is 5.02 Å². The van der Waals surface area contributed by atoms with Gasteiger partial charge in [-0.25, -0.2) is 9.37 Å². The van der Waals surface area contributed by atoms with Crippen molar-refractivity contribution in [3.63, 3.8) is 0 Å². The lowest BCUT2D eigenvalue weighted by Gasteiger charge is -2.35. The Morgan fingerprint density at radius 2 is 1.73 bits per heavy atom. The summed E-state index contributed by atoms with van der Waals surface area (Å²) in [6.45, 7) is 2.52. The predicted molar refractivity (Wildman–Crippen MR) is 152 cm³/mol. The van der Waals surface area contributed by atoms with Crippen LogP contribution in [0.4, 0.5) is 10.1 Å². The van der Waals surface area contributed by atoms with Crippen molar-refractivity contribution in [3.8, 4) is 17.1 Å². The zero-order valence-corrected chi connectivity index (χ0v) is 22.9. The normalized spacial score (nSPS) is 13.6. The van der Waals surface area contributed by atoms with Crippen molar-refractivity contribution in [2.24, 2.45) is 0 Å². The molecule has 202 valence electrons. The predicted octanol–water partition coefficient (Wildman–Crippen LogP) is 5.97. The zero-order chi connectivity index (χ0) is 27.5. The number of oxazole rings is 1. The monoisotopic (exact) mass is 574 g/mol. The molecule has 3 aromatic carbocycles. The lowest BCUT2D eigenvalue weighted by atomic mass is 10.2. The number of nitrogens with zero attached hydrogens (tertiary/aromatic N) is 6. The molecule has 1 saturated heterocycles. The molecule has 6 rings (SSSR count). The number of thioether (sulfide) groups is 1. The van der Waals surface area contributed by atoms with Crippen molar-refractivity contribution in [3.05, 3.63) is 108 Å². The Morgan fingerprint density at radius 3 is 2.50 bits per heavy atom. The average Bonchev–Trinajstić information content (AvgIpc) is 3.64. The molecule has 0 radical (unpaired) electrons. The summed E-state index contributed by atoms with van der Waals surface area (Å²) in [5, 5.41) is 9.84. The summed E-state index contributed by atoms with van der Waals surface area (Å²) in [7, 11) is 0. The molecule has 0 saturated carbocycles. The second kappa shape index (κ2) is 11.5. The molecule has 2 aromatic heterocycles. The Morgan fingerprint density at radius 1 is 0.950 bits per heavy atom. The average molecular weight is 575 g/mol. The third-order valence-corrected chi connectivity index (χ3v) is 7.74. The number of para-hydroxylation sites is 1. The maximum Gasteiger partial charge on any atom is 0.275 e. The lowest BCUT2D eigenvalue weighted by Crippen LogP contribution is -2.48. The molecule has 3 heterocycles. The largest absolute Gasteiger partial charge is 0.447 e. The summed E-state index contributed by atoms with van der Waals surface area (Å²) < 4.78 is 22.1. The van der Waals surface area contributed by atoms with E-state index in [2.05, 4.69) is 20.1 Å². The van der Waals surface area contributed by atoms with E-state index in [9.17, 15) is 9.18 Å². The molecular formula is C29H24ClFN6O2S. The SMILES string of the molecule is O=C(c1coc(CSc2nnc(-c3ccccc3)n2-c2ccccc2F)n1)N1CCN(c2cccc(Cl)c2)CC1. The van der Waals surface area contributed by atoms with Gasteiger partial charge in [-0.15, -0.1) is 10.2 Å². The van der Waals surface area contributed by atoms with Crippen molar-refractivity contribution in [2.75, 3.05) is 31.1 Å². The fourth-order valence-corrected chi connectivity index (χ4v) is 5.57. The molecule has 1 aliphatic rings. The molecule has 0 N–H and O–H groups in total. The Balaban J connectivity index is 1.14. The minimum Gasteiger partial charge on any atom is -0.447 e. The number of benzene rings is 3. The number of aromatic nitrogens is 4. The molecule has 1 amide bonds. The van der Waals surface area contributed by atoms with Gasteiger partial charge in [0.05, 0.1) is 11.4 Å². The fourth-order valence-electron chi connectivity index (χ4n) is 4.59. The third kappa shape index (κ3) is 5.45. The van der Waals surface area contributed by atoms with Crippen LogP contribution in [0.5, 0.6) is 0 Å². The van der Waals surface area contributed by atoms with Gasteiger partial charge in [0.15, 0.2) is 16.7 Å². The van der Waals surface area contributed by atoms with Crippen LogP contribution in [-0.4, -0.2) is 56.7 Å². The van der Waals surface area contributed by atoms with E-state index in [4.69, 9.17) is 16.0 Å². The minimum absolute atomic E-state index is 0.174. The van der Waals surface area contributed by atoms with Crippen molar-refractivity contribution >= 4 is 35.0 Å². The van der Waals surface area contributed by atoms with Gasteiger partial charge in [-0.2, -0.15) is 0 Å². The van der Waals surface area contributed by atoms with Crippen molar-refractivity contribution in [2.45, 2.75) is 10.9 Å². The summed E-state index contributed by atoms with van der Waals surface area (Å²) >= 11 is 7.43. The standard InChI is InChI=1S/C29H24ClFN6O2S/c30-21-9-6-10-22(17-21)35-13-15-36(16-14-35)28(38)24-18-39-26(32-24)19-40-29-34-33-27(20-7-2-1-3-8-20)37(29)25-12-5-4-11-23(25)31/h1-12,17-18H,13-16,19H2. The smallest absolute Gasteiger partial charge is 0.275 e. The Hall–Kier alpha value is -4.15. The highest BCUT2D eigenvalue weighted by molar-refractivity contribution is 7.98. The van der Waals surface area contributed by atoms with Crippen molar-refractivity contribution in [1.29, 1.82) is 0 Å². The number of hydrogen-bond acceptors (Lipinski definition) is 7. The van der Waals surface area contributed by atoms with E-state index in [1.807, 2.05) is 54.6 Å². The highest BCUT2D eigenvalue weighted by atomic mass is 35.5. The number of halogens is 2. The molecule has 1 fully saturated rings. The van der Waals surface area contributed by atoms with Crippen LogP contribution in [0.1, 0.15) is 16.4 Å². The molecule has 0 aliphatic carbocycles. The molecule has 1 aliphatic heterocycles. The van der Waals surface area contributed by atoms with Gasteiger partial charge in [0.25, 0.3) is 5.91 Å². The molecule has 8 nitrogen and oxygen atoms in total. The Bertz CT molecular complexity index is 1630. The summed E-state index contributed by atoms with van der Waals surface area (Å²) in [5.74, 6) is 0.619. The number of carbonyl (C=O) groups excluding carboxylic acids is 1. The summed E-state index contributed by atoms with van der Waals surface area (Å²) in [4.78, 5) is 21.5. The Kier molecular flexibility index (Phi) is 7.52. The van der Waals surface area contributed by atoms with Crippen molar-refractivity contribution in [1.82, 2.24) is 24.6 Å². The first-order valence-corrected chi connectivity index (χ1v) is 14.1. The summed E-state index contributed by atoms with van der Waals surface area (Å²) in [6.07, 6.45) is 1.39. The van der Waals surface area contributed by atoms with Crippen LogP contribution in [-0.2, 0) is 5.75 Å². The number of amides is 1. The van der Waals surface area contributed by atoms with E-state index in [1.165, 1.54) is 24.1 Å². The number of carbonyl (C=O) groups is 1. The van der Waals surface area contributed by atoms with E-state index in [0.29, 0.717) is 53.8 Å². The van der Waals surface area contributed by atoms with Gasteiger partial charge < -0.3 is 14.2 Å². The molecule has 5 aromatic rings. The van der Waals surface area contributed by atoms with Crippen LogP contribution in [0.3, 0.4) is 0 Å². The van der Waals surface area contributed by atoms with Gasteiger partial charge in [0, 0.05) is 42.5 Å². The highest BCUT2D eigenvalue weighted by Crippen LogP contribution is 2.31. The van der Waals surface area contributed by atoms with E-state index in [0.717, 1.165) is 11.3 Å². The van der Waals surface area contributed by atoms with Crippen LogP contribution in [0.15, 0.2) is 94.7 Å². The minimum atomic E-state index is -0.388. The first-order valence-electron chi connectivity index (χ1n) is 12.7.